The molecule has 0 amide bonds. The largest absolute Gasteiger partial charge is 0.347 e. The maximum Gasteiger partial charge on any atom is 0.0484 e. The molecule has 1 aromatic carbocycles. The Hall–Kier alpha value is -0.800. The molecule has 0 saturated heterocycles. The molecule has 3 heteroatoms. The van der Waals surface area contributed by atoms with Crippen LogP contribution in [0.3, 0.4) is 0 Å². The van der Waals surface area contributed by atoms with Crippen molar-refractivity contribution in [2.75, 3.05) is 13.6 Å². The van der Waals surface area contributed by atoms with Gasteiger partial charge in [0.1, 0.15) is 0 Å². The fourth-order valence-electron chi connectivity index (χ4n) is 2.69. The van der Waals surface area contributed by atoms with E-state index in [1.54, 1.807) is 0 Å². The molecule has 0 unspecified atom stereocenters. The number of hydrogen-bond donors (Lipinski definition) is 0. The zero-order valence-electron chi connectivity index (χ0n) is 9.63. The number of aryl methyl sites for hydroxylation is 1. The fraction of sp³-hybridized carbons (Fsp3) is 0.385. The lowest BCUT2D eigenvalue weighted by atomic mass is 10.1. The number of aromatic nitrogens is 1. The van der Waals surface area contributed by atoms with Crippen molar-refractivity contribution in [1.82, 2.24) is 9.47 Å². The predicted molar refractivity (Wildman–Crippen MR) is 70.7 cm³/mol. The van der Waals surface area contributed by atoms with E-state index in [0.717, 1.165) is 13.0 Å². The highest BCUT2D eigenvalue weighted by atomic mass is 79.9. The average molecular weight is 279 g/mol. The van der Waals surface area contributed by atoms with Crippen molar-refractivity contribution in [3.05, 3.63) is 33.9 Å². The number of nitrogens with zero attached hydrogens (tertiary/aromatic N) is 2. The molecule has 1 aliphatic heterocycles. The summed E-state index contributed by atoms with van der Waals surface area (Å²) < 4.78 is 3.52. The summed E-state index contributed by atoms with van der Waals surface area (Å²) in [6.07, 6.45) is 1.16. The molecule has 0 fully saturated rings. The van der Waals surface area contributed by atoms with E-state index in [-0.39, 0.29) is 0 Å². The van der Waals surface area contributed by atoms with Crippen LogP contribution in [0.4, 0.5) is 0 Å². The molecule has 16 heavy (non-hydrogen) atoms. The maximum atomic E-state index is 3.56. The van der Waals surface area contributed by atoms with Crippen LogP contribution in [0.2, 0.25) is 0 Å². The molecule has 2 heterocycles. The Kier molecular flexibility index (Phi) is 2.33. The second-order valence-corrected chi connectivity index (χ2v) is 5.55. The van der Waals surface area contributed by atoms with Crippen molar-refractivity contribution in [3.8, 4) is 0 Å². The highest BCUT2D eigenvalue weighted by Crippen LogP contribution is 2.31. The number of rotatable bonds is 0. The standard InChI is InChI=1S/C13H15BrN2/c1-15-6-5-13-11(8-15)10-7-9(14)3-4-12(10)16(13)2/h3-4,7H,5-6,8H2,1-2H3. The van der Waals surface area contributed by atoms with Crippen LogP contribution in [0, 0.1) is 0 Å². The van der Waals surface area contributed by atoms with Gasteiger partial charge in [0, 0.05) is 47.6 Å². The number of hydrogen-bond acceptors (Lipinski definition) is 1. The van der Waals surface area contributed by atoms with Crippen molar-refractivity contribution >= 4 is 26.8 Å². The Labute approximate surface area is 104 Å². The smallest absolute Gasteiger partial charge is 0.0484 e. The van der Waals surface area contributed by atoms with Crippen LogP contribution >= 0.6 is 15.9 Å². The van der Waals surface area contributed by atoms with Crippen LogP contribution in [0.15, 0.2) is 22.7 Å². The summed E-state index contributed by atoms with van der Waals surface area (Å²) in [6.45, 7) is 2.24. The van der Waals surface area contributed by atoms with Crippen LogP contribution in [0.1, 0.15) is 11.3 Å². The van der Waals surface area contributed by atoms with Crippen LogP contribution in [-0.4, -0.2) is 23.1 Å². The van der Waals surface area contributed by atoms with E-state index in [0.29, 0.717) is 0 Å². The first-order valence-electron chi connectivity index (χ1n) is 5.61. The minimum Gasteiger partial charge on any atom is -0.347 e. The van der Waals surface area contributed by atoms with Gasteiger partial charge < -0.3 is 9.47 Å². The quantitative estimate of drug-likeness (QED) is 0.720. The first kappa shape index (κ1) is 10.4. The van der Waals surface area contributed by atoms with Crippen LogP contribution in [0.25, 0.3) is 10.9 Å². The first-order valence-corrected chi connectivity index (χ1v) is 6.40. The first-order chi connectivity index (χ1) is 7.66. The van der Waals surface area contributed by atoms with Gasteiger partial charge in [-0.15, -0.1) is 0 Å². The number of likely N-dealkylation sites (N-methyl/N-ethyl adjacent to an activating group) is 1. The van der Waals surface area contributed by atoms with Gasteiger partial charge in [-0.05, 0) is 30.8 Å². The summed E-state index contributed by atoms with van der Waals surface area (Å²) in [5.74, 6) is 0. The van der Waals surface area contributed by atoms with Gasteiger partial charge in [0.2, 0.25) is 0 Å². The van der Waals surface area contributed by atoms with E-state index >= 15 is 0 Å². The lowest BCUT2D eigenvalue weighted by Gasteiger charge is -2.23. The van der Waals surface area contributed by atoms with Gasteiger partial charge in [-0.25, -0.2) is 0 Å². The van der Waals surface area contributed by atoms with Crippen molar-refractivity contribution in [3.63, 3.8) is 0 Å². The summed E-state index contributed by atoms with van der Waals surface area (Å²) in [5, 5.41) is 1.40. The zero-order chi connectivity index (χ0) is 11.3. The van der Waals surface area contributed by atoms with Crippen molar-refractivity contribution < 1.29 is 0 Å². The molecule has 0 bridgehead atoms. The molecular formula is C13H15BrN2. The topological polar surface area (TPSA) is 8.17 Å². The predicted octanol–water partition coefficient (Wildman–Crippen LogP) is 2.93. The molecule has 0 aliphatic carbocycles. The minimum absolute atomic E-state index is 1.07. The number of benzene rings is 1. The zero-order valence-corrected chi connectivity index (χ0v) is 11.2. The van der Waals surface area contributed by atoms with Gasteiger partial charge >= 0.3 is 0 Å². The maximum absolute atomic E-state index is 3.56. The van der Waals surface area contributed by atoms with E-state index in [4.69, 9.17) is 0 Å². The Morgan fingerprint density at radius 2 is 2.06 bits per heavy atom. The van der Waals surface area contributed by atoms with Crippen molar-refractivity contribution in [2.24, 2.45) is 7.05 Å². The van der Waals surface area contributed by atoms with Crippen LogP contribution in [0.5, 0.6) is 0 Å². The summed E-state index contributed by atoms with van der Waals surface area (Å²) in [6, 6.07) is 6.57. The van der Waals surface area contributed by atoms with Crippen LogP contribution < -0.4 is 0 Å². The van der Waals surface area contributed by atoms with Gasteiger partial charge in [-0.1, -0.05) is 15.9 Å². The Balaban J connectivity index is 2.33. The molecule has 3 rings (SSSR count). The van der Waals surface area contributed by atoms with Crippen molar-refractivity contribution in [2.45, 2.75) is 13.0 Å². The molecular weight excluding hydrogens is 264 g/mol. The van der Waals surface area contributed by atoms with E-state index < -0.39 is 0 Å². The highest BCUT2D eigenvalue weighted by Gasteiger charge is 2.20. The van der Waals surface area contributed by atoms with Crippen molar-refractivity contribution in [1.29, 1.82) is 0 Å². The Morgan fingerprint density at radius 3 is 2.88 bits per heavy atom. The molecule has 0 atom stereocenters. The van der Waals surface area contributed by atoms with E-state index in [1.165, 1.54) is 33.2 Å². The molecule has 0 radical (unpaired) electrons. The highest BCUT2D eigenvalue weighted by molar-refractivity contribution is 9.10. The summed E-state index contributed by atoms with van der Waals surface area (Å²) >= 11 is 3.56. The summed E-state index contributed by atoms with van der Waals surface area (Å²) in [5.41, 5.74) is 4.36. The summed E-state index contributed by atoms with van der Waals surface area (Å²) in [4.78, 5) is 2.39. The lowest BCUT2D eigenvalue weighted by molar-refractivity contribution is 0.310. The van der Waals surface area contributed by atoms with Gasteiger partial charge in [0.25, 0.3) is 0 Å². The number of fused-ring (bicyclic) bond motifs is 3. The Bertz CT molecular complexity index is 557. The normalized spacial score (nSPS) is 16.7. The molecule has 1 aliphatic rings. The SMILES string of the molecule is CN1CCc2c(c3cc(Br)ccc3n2C)C1. The molecule has 1 aromatic heterocycles. The number of halogens is 1. The van der Waals surface area contributed by atoms with Gasteiger partial charge in [-0.2, -0.15) is 0 Å². The second kappa shape index (κ2) is 3.60. The third-order valence-corrected chi connectivity index (χ3v) is 4.05. The molecule has 0 spiro atoms. The van der Waals surface area contributed by atoms with Gasteiger partial charge in [0.15, 0.2) is 0 Å². The minimum atomic E-state index is 1.07. The third kappa shape index (κ3) is 1.42. The summed E-state index contributed by atoms with van der Waals surface area (Å²) in [7, 11) is 4.38. The molecule has 0 saturated carbocycles. The van der Waals surface area contributed by atoms with E-state index in [9.17, 15) is 0 Å². The van der Waals surface area contributed by atoms with Gasteiger partial charge in [0.05, 0.1) is 0 Å². The second-order valence-electron chi connectivity index (χ2n) is 4.63. The molecule has 84 valence electrons. The lowest BCUT2D eigenvalue weighted by Crippen LogP contribution is -2.26. The monoisotopic (exact) mass is 278 g/mol. The van der Waals surface area contributed by atoms with E-state index in [1.807, 2.05) is 0 Å². The molecule has 2 aromatic rings. The van der Waals surface area contributed by atoms with Gasteiger partial charge in [-0.3, -0.25) is 0 Å². The van der Waals surface area contributed by atoms with E-state index in [2.05, 4.69) is 57.7 Å². The average Bonchev–Trinajstić information content (AvgIpc) is 2.52. The Morgan fingerprint density at radius 1 is 1.25 bits per heavy atom. The fourth-order valence-corrected chi connectivity index (χ4v) is 3.05. The van der Waals surface area contributed by atoms with Crippen LogP contribution in [-0.2, 0) is 20.0 Å². The molecule has 2 nitrogen and oxygen atoms in total. The molecule has 0 N–H and O–H groups in total. The third-order valence-electron chi connectivity index (χ3n) is 3.56.